The van der Waals surface area contributed by atoms with E-state index in [0.717, 1.165) is 35.0 Å². The highest BCUT2D eigenvalue weighted by molar-refractivity contribution is 7.17. The minimum absolute atomic E-state index is 0.0474. The fraction of sp³-hybridized carbons (Fsp3) is 0.400. The van der Waals surface area contributed by atoms with E-state index in [9.17, 15) is 9.59 Å². The van der Waals surface area contributed by atoms with Gasteiger partial charge in [-0.05, 0) is 50.8 Å². The van der Waals surface area contributed by atoms with Crippen molar-refractivity contribution in [1.29, 1.82) is 0 Å². The Hall–Kier alpha value is -2.02. The molecule has 1 aliphatic rings. The first kappa shape index (κ1) is 18.8. The Morgan fingerprint density at radius 2 is 1.85 bits per heavy atom. The molecule has 26 heavy (non-hydrogen) atoms. The molecule has 1 aromatic heterocycles. The number of piperazine rings is 1. The number of rotatable bonds is 5. The highest BCUT2D eigenvalue weighted by Gasteiger charge is 2.22. The van der Waals surface area contributed by atoms with Crippen molar-refractivity contribution in [3.8, 4) is 10.4 Å². The molecular weight excluding hydrogens is 346 g/mol. The van der Waals surface area contributed by atoms with Crippen molar-refractivity contribution in [3.63, 3.8) is 0 Å². The first-order chi connectivity index (χ1) is 12.4. The van der Waals surface area contributed by atoms with Crippen LogP contribution in [-0.4, -0.2) is 67.8 Å². The van der Waals surface area contributed by atoms with Gasteiger partial charge < -0.3 is 10.2 Å². The first-order valence-corrected chi connectivity index (χ1v) is 9.64. The lowest BCUT2D eigenvalue weighted by Gasteiger charge is -2.37. The molecule has 0 saturated carbocycles. The summed E-state index contributed by atoms with van der Waals surface area (Å²) in [6.45, 7) is 5.27. The number of thiophene rings is 1. The molecule has 5 nitrogen and oxygen atoms in total. The van der Waals surface area contributed by atoms with Crippen molar-refractivity contribution in [2.24, 2.45) is 0 Å². The Labute approximate surface area is 158 Å². The number of ketones is 1. The molecule has 3 rings (SSSR count). The molecule has 0 aliphatic carbocycles. The van der Waals surface area contributed by atoms with E-state index in [0.29, 0.717) is 18.2 Å². The topological polar surface area (TPSA) is 52.7 Å². The Morgan fingerprint density at radius 3 is 2.50 bits per heavy atom. The highest BCUT2D eigenvalue weighted by Crippen LogP contribution is 2.28. The lowest BCUT2D eigenvalue weighted by atomic mass is 10.1. The average molecular weight is 372 g/mol. The molecule has 2 heterocycles. The molecule has 0 spiro atoms. The molecule has 6 heteroatoms. The number of carbonyl (C=O) groups is 2. The zero-order chi connectivity index (χ0) is 18.7. The lowest BCUT2D eigenvalue weighted by Crippen LogP contribution is -2.54. The molecule has 0 bridgehead atoms. The van der Waals surface area contributed by atoms with E-state index in [4.69, 9.17) is 0 Å². The van der Waals surface area contributed by atoms with Gasteiger partial charge in [0.1, 0.15) is 0 Å². The maximum atomic E-state index is 12.4. The van der Waals surface area contributed by atoms with Crippen LogP contribution in [0, 0.1) is 0 Å². The van der Waals surface area contributed by atoms with E-state index in [-0.39, 0.29) is 11.7 Å². The van der Waals surface area contributed by atoms with Gasteiger partial charge >= 0.3 is 0 Å². The van der Waals surface area contributed by atoms with Crippen molar-refractivity contribution in [2.75, 3.05) is 40.3 Å². The van der Waals surface area contributed by atoms with Crippen molar-refractivity contribution < 1.29 is 9.59 Å². The van der Waals surface area contributed by atoms with E-state index in [1.54, 1.807) is 6.92 Å². The SMILES string of the molecule is CC(=O)c1ccc(-c2ccc(C(=O)NC[C@@H]3CN(C)CCN3C)cc2)s1. The minimum Gasteiger partial charge on any atom is -0.350 e. The van der Waals surface area contributed by atoms with Crippen LogP contribution in [0.2, 0.25) is 0 Å². The van der Waals surface area contributed by atoms with Gasteiger partial charge in [0, 0.05) is 42.7 Å². The van der Waals surface area contributed by atoms with E-state index in [2.05, 4.69) is 29.2 Å². The normalized spacial score (nSPS) is 18.7. The van der Waals surface area contributed by atoms with Crippen LogP contribution in [-0.2, 0) is 0 Å². The largest absolute Gasteiger partial charge is 0.350 e. The number of hydrogen-bond donors (Lipinski definition) is 1. The second kappa shape index (κ2) is 8.12. The molecular formula is C20H25N3O2S. The third kappa shape index (κ3) is 4.38. The summed E-state index contributed by atoms with van der Waals surface area (Å²) in [6.07, 6.45) is 0. The number of Topliss-reactive ketones (excluding diaryl/α,β-unsaturated/α-hetero) is 1. The van der Waals surface area contributed by atoms with Crippen molar-refractivity contribution >= 4 is 23.0 Å². The molecule has 1 amide bonds. The van der Waals surface area contributed by atoms with Crippen molar-refractivity contribution in [1.82, 2.24) is 15.1 Å². The average Bonchev–Trinajstić information content (AvgIpc) is 3.13. The zero-order valence-electron chi connectivity index (χ0n) is 15.5. The fourth-order valence-electron chi connectivity index (χ4n) is 3.10. The molecule has 1 atom stereocenters. The third-order valence-corrected chi connectivity index (χ3v) is 6.10. The second-order valence-corrected chi connectivity index (χ2v) is 7.99. The van der Waals surface area contributed by atoms with E-state index in [1.165, 1.54) is 11.3 Å². The summed E-state index contributed by atoms with van der Waals surface area (Å²) in [4.78, 5) is 30.2. The van der Waals surface area contributed by atoms with E-state index >= 15 is 0 Å². The molecule has 1 aliphatic heterocycles. The molecule has 1 aromatic carbocycles. The number of hydrogen-bond acceptors (Lipinski definition) is 5. The molecule has 1 N–H and O–H groups in total. The van der Waals surface area contributed by atoms with Crippen LogP contribution >= 0.6 is 11.3 Å². The Bertz CT molecular complexity index is 785. The van der Waals surface area contributed by atoms with Gasteiger partial charge in [0.2, 0.25) is 0 Å². The lowest BCUT2D eigenvalue weighted by molar-refractivity contribution is 0.0881. The summed E-state index contributed by atoms with van der Waals surface area (Å²) >= 11 is 1.48. The number of nitrogens with zero attached hydrogens (tertiary/aromatic N) is 2. The van der Waals surface area contributed by atoms with Gasteiger partial charge in [0.25, 0.3) is 5.91 Å². The molecule has 1 saturated heterocycles. The molecule has 0 unspecified atom stereocenters. The monoisotopic (exact) mass is 371 g/mol. The number of benzene rings is 1. The molecule has 1 fully saturated rings. The van der Waals surface area contributed by atoms with Crippen LogP contribution in [0.5, 0.6) is 0 Å². The van der Waals surface area contributed by atoms with Gasteiger partial charge in [-0.1, -0.05) is 12.1 Å². The van der Waals surface area contributed by atoms with Gasteiger partial charge in [0.05, 0.1) is 4.88 Å². The first-order valence-electron chi connectivity index (χ1n) is 8.82. The predicted octanol–water partition coefficient (Wildman–Crippen LogP) is 2.59. The minimum atomic E-state index is -0.0474. The standard InChI is InChI=1S/C20H25N3O2S/c1-14(24)18-8-9-19(26-18)15-4-6-16(7-5-15)20(25)21-12-17-13-22(2)10-11-23(17)3/h4-9,17H,10-13H2,1-3H3,(H,21,25)/t17-/m1/s1. The number of carbonyl (C=O) groups excluding carboxylic acids is 2. The van der Waals surface area contributed by atoms with Gasteiger partial charge in [-0.15, -0.1) is 11.3 Å². The van der Waals surface area contributed by atoms with Crippen LogP contribution in [0.15, 0.2) is 36.4 Å². The highest BCUT2D eigenvalue weighted by atomic mass is 32.1. The number of likely N-dealkylation sites (N-methyl/N-ethyl adjacent to an activating group) is 2. The van der Waals surface area contributed by atoms with Crippen LogP contribution in [0.4, 0.5) is 0 Å². The maximum Gasteiger partial charge on any atom is 0.251 e. The van der Waals surface area contributed by atoms with Crippen molar-refractivity contribution in [3.05, 3.63) is 46.8 Å². The predicted molar refractivity (Wildman–Crippen MR) is 106 cm³/mol. The summed E-state index contributed by atoms with van der Waals surface area (Å²) in [5, 5.41) is 3.05. The Morgan fingerprint density at radius 1 is 1.12 bits per heavy atom. The summed E-state index contributed by atoms with van der Waals surface area (Å²) in [6, 6.07) is 11.7. The van der Waals surface area contributed by atoms with Gasteiger partial charge in [-0.2, -0.15) is 0 Å². The Balaban J connectivity index is 1.60. The summed E-state index contributed by atoms with van der Waals surface area (Å²) in [7, 11) is 4.22. The van der Waals surface area contributed by atoms with Crippen LogP contribution in [0.25, 0.3) is 10.4 Å². The van der Waals surface area contributed by atoms with Gasteiger partial charge in [-0.25, -0.2) is 0 Å². The molecule has 138 valence electrons. The van der Waals surface area contributed by atoms with Gasteiger partial charge in [-0.3, -0.25) is 14.5 Å². The summed E-state index contributed by atoms with van der Waals surface area (Å²) in [5.41, 5.74) is 1.68. The number of nitrogens with one attached hydrogen (secondary N) is 1. The quantitative estimate of drug-likeness (QED) is 0.821. The summed E-state index contributed by atoms with van der Waals surface area (Å²) < 4.78 is 0. The smallest absolute Gasteiger partial charge is 0.251 e. The van der Waals surface area contributed by atoms with Gasteiger partial charge in [0.15, 0.2) is 5.78 Å². The second-order valence-electron chi connectivity index (χ2n) is 6.90. The fourth-order valence-corrected chi connectivity index (χ4v) is 4.01. The van der Waals surface area contributed by atoms with Crippen LogP contribution in [0.1, 0.15) is 27.0 Å². The Kier molecular flexibility index (Phi) is 5.86. The van der Waals surface area contributed by atoms with Crippen molar-refractivity contribution in [2.45, 2.75) is 13.0 Å². The third-order valence-electron chi connectivity index (χ3n) is 4.86. The molecule has 0 radical (unpaired) electrons. The van der Waals surface area contributed by atoms with E-state index in [1.807, 2.05) is 36.4 Å². The number of amides is 1. The van der Waals surface area contributed by atoms with Crippen LogP contribution in [0.3, 0.4) is 0 Å². The molecule has 2 aromatic rings. The van der Waals surface area contributed by atoms with Crippen LogP contribution < -0.4 is 5.32 Å². The summed E-state index contributed by atoms with van der Waals surface area (Å²) in [5.74, 6) is 0.0318. The zero-order valence-corrected chi connectivity index (χ0v) is 16.3. The van der Waals surface area contributed by atoms with E-state index < -0.39 is 0 Å². The maximum absolute atomic E-state index is 12.4.